The molecule has 8 nitrogen and oxygen atoms in total. The third-order valence-corrected chi connectivity index (χ3v) is 4.77. The van der Waals surface area contributed by atoms with Crippen molar-refractivity contribution in [1.82, 2.24) is 34.3 Å². The molecule has 0 aliphatic heterocycles. The van der Waals surface area contributed by atoms with Crippen LogP contribution in [-0.4, -0.2) is 34.3 Å². The monoisotopic (exact) mass is 403 g/mol. The van der Waals surface area contributed by atoms with Crippen LogP contribution in [0.5, 0.6) is 0 Å². The minimum Gasteiger partial charge on any atom is -0.292 e. The summed E-state index contributed by atoms with van der Waals surface area (Å²) < 4.78 is 4.78. The van der Waals surface area contributed by atoms with Gasteiger partial charge in [-0.3, -0.25) is 9.36 Å². The highest BCUT2D eigenvalue weighted by atomic mass is 35.5. The first kappa shape index (κ1) is 17.3. The van der Waals surface area contributed by atoms with Crippen LogP contribution in [0.4, 0.5) is 0 Å². The van der Waals surface area contributed by atoms with Crippen molar-refractivity contribution in [2.75, 3.05) is 0 Å². The Morgan fingerprint density at radius 3 is 2.55 bits per heavy atom. The van der Waals surface area contributed by atoms with Crippen LogP contribution in [0.25, 0.3) is 22.4 Å². The molecule has 0 aliphatic carbocycles. The average Bonchev–Trinajstić information content (AvgIpc) is 3.39. The Hall–Kier alpha value is -3.78. The highest BCUT2D eigenvalue weighted by Gasteiger charge is 2.13. The Bertz CT molecular complexity index is 1350. The van der Waals surface area contributed by atoms with Crippen LogP contribution < -0.4 is 5.56 Å². The molecular formula is C20H14ClN7O. The smallest absolute Gasteiger partial charge is 0.264 e. The van der Waals surface area contributed by atoms with Crippen molar-refractivity contribution in [2.45, 2.75) is 6.54 Å². The van der Waals surface area contributed by atoms with E-state index in [4.69, 9.17) is 11.6 Å². The van der Waals surface area contributed by atoms with E-state index in [0.29, 0.717) is 21.7 Å². The average molecular weight is 404 g/mol. The Kier molecular flexibility index (Phi) is 4.18. The Labute approximate surface area is 169 Å². The van der Waals surface area contributed by atoms with Crippen molar-refractivity contribution in [3.8, 4) is 11.4 Å². The summed E-state index contributed by atoms with van der Waals surface area (Å²) >= 11 is 5.94. The fourth-order valence-electron chi connectivity index (χ4n) is 3.08. The molecule has 0 spiro atoms. The highest BCUT2D eigenvalue weighted by Crippen LogP contribution is 2.16. The molecule has 2 aromatic carbocycles. The first-order valence-corrected chi connectivity index (χ1v) is 9.22. The first-order chi connectivity index (χ1) is 14.2. The Morgan fingerprint density at radius 1 is 0.966 bits per heavy atom. The molecule has 0 fully saturated rings. The van der Waals surface area contributed by atoms with Crippen molar-refractivity contribution in [3.05, 3.63) is 94.4 Å². The fraction of sp³-hybridized carbons (Fsp3) is 0.0500. The predicted molar refractivity (Wildman–Crippen MR) is 109 cm³/mol. The van der Waals surface area contributed by atoms with Crippen LogP contribution in [0, 0.1) is 0 Å². The molecule has 9 heteroatoms. The lowest BCUT2D eigenvalue weighted by Crippen LogP contribution is -2.21. The summed E-state index contributed by atoms with van der Waals surface area (Å²) in [4.78, 5) is 17.3. The molecule has 0 radical (unpaired) electrons. The molecule has 3 heterocycles. The number of hydrogen-bond donors (Lipinski definition) is 0. The van der Waals surface area contributed by atoms with Gasteiger partial charge in [-0.05, 0) is 36.4 Å². The summed E-state index contributed by atoms with van der Waals surface area (Å²) in [5, 5.41) is 13.7. The second-order valence-corrected chi connectivity index (χ2v) is 6.87. The van der Waals surface area contributed by atoms with E-state index in [1.807, 2.05) is 42.5 Å². The molecule has 0 saturated carbocycles. The zero-order valence-electron chi connectivity index (χ0n) is 15.1. The number of nitrogens with zero attached hydrogens (tertiary/aromatic N) is 7. The fourth-order valence-corrected chi connectivity index (χ4v) is 3.21. The van der Waals surface area contributed by atoms with Crippen LogP contribution in [0.15, 0.2) is 78.1 Å². The number of halogens is 1. The van der Waals surface area contributed by atoms with Gasteiger partial charge in [0.1, 0.15) is 17.4 Å². The highest BCUT2D eigenvalue weighted by molar-refractivity contribution is 6.30. The van der Waals surface area contributed by atoms with Gasteiger partial charge < -0.3 is 0 Å². The number of para-hydroxylation sites is 1. The standard InChI is InChI=1S/C20H14ClN7O/c21-14-6-8-17(9-7-14)28-19-18(10-23-28)20(29)26(13-22-19)11-15-12-27(25-24-15)16-4-2-1-3-5-16/h1-10,12-13H,11H2. The summed E-state index contributed by atoms with van der Waals surface area (Å²) in [6.07, 6.45) is 4.82. The van der Waals surface area contributed by atoms with Gasteiger partial charge >= 0.3 is 0 Å². The maximum Gasteiger partial charge on any atom is 0.264 e. The SMILES string of the molecule is O=c1c2cnn(-c3ccc(Cl)cc3)c2ncn1Cc1cn(-c2ccccc2)nn1. The van der Waals surface area contributed by atoms with Gasteiger partial charge in [-0.15, -0.1) is 5.10 Å². The van der Waals surface area contributed by atoms with Gasteiger partial charge in [0.25, 0.3) is 5.56 Å². The van der Waals surface area contributed by atoms with Crippen molar-refractivity contribution in [3.63, 3.8) is 0 Å². The lowest BCUT2D eigenvalue weighted by Gasteiger charge is -2.05. The zero-order chi connectivity index (χ0) is 19.8. The van der Waals surface area contributed by atoms with Gasteiger partial charge in [-0.1, -0.05) is 35.0 Å². The molecular weight excluding hydrogens is 390 g/mol. The second-order valence-electron chi connectivity index (χ2n) is 6.44. The molecule has 0 bridgehead atoms. The molecule has 142 valence electrons. The van der Waals surface area contributed by atoms with E-state index in [1.165, 1.54) is 17.1 Å². The summed E-state index contributed by atoms with van der Waals surface area (Å²) in [6.45, 7) is 0.265. The number of fused-ring (bicyclic) bond motifs is 1. The first-order valence-electron chi connectivity index (χ1n) is 8.85. The van der Waals surface area contributed by atoms with Crippen molar-refractivity contribution >= 4 is 22.6 Å². The molecule has 0 amide bonds. The molecule has 0 atom stereocenters. The van der Waals surface area contributed by atoms with Crippen molar-refractivity contribution in [1.29, 1.82) is 0 Å². The minimum atomic E-state index is -0.190. The van der Waals surface area contributed by atoms with Gasteiger partial charge in [0.2, 0.25) is 0 Å². The van der Waals surface area contributed by atoms with Crippen molar-refractivity contribution < 1.29 is 0 Å². The van der Waals surface area contributed by atoms with E-state index in [9.17, 15) is 4.79 Å². The number of rotatable bonds is 4. The lowest BCUT2D eigenvalue weighted by molar-refractivity contribution is 0.720. The molecule has 29 heavy (non-hydrogen) atoms. The summed E-state index contributed by atoms with van der Waals surface area (Å²) in [5.41, 5.74) is 2.63. The second kappa shape index (κ2) is 6.99. The molecule has 0 saturated heterocycles. The topological polar surface area (TPSA) is 83.4 Å². The van der Waals surface area contributed by atoms with E-state index < -0.39 is 0 Å². The Balaban J connectivity index is 1.48. The van der Waals surface area contributed by atoms with Crippen LogP contribution in [0.2, 0.25) is 5.02 Å². The predicted octanol–water partition coefficient (Wildman–Crippen LogP) is 2.86. The van der Waals surface area contributed by atoms with E-state index in [1.54, 1.807) is 27.7 Å². The number of aromatic nitrogens is 7. The number of hydrogen-bond acceptors (Lipinski definition) is 5. The van der Waals surface area contributed by atoms with Crippen LogP contribution in [0.3, 0.4) is 0 Å². The summed E-state index contributed by atoms with van der Waals surface area (Å²) in [5.74, 6) is 0. The maximum absolute atomic E-state index is 12.9. The summed E-state index contributed by atoms with van der Waals surface area (Å²) in [6, 6.07) is 16.8. The third-order valence-electron chi connectivity index (χ3n) is 4.52. The molecule has 0 aliphatic rings. The van der Waals surface area contributed by atoms with Crippen LogP contribution in [-0.2, 0) is 6.54 Å². The van der Waals surface area contributed by atoms with E-state index in [0.717, 1.165) is 11.4 Å². The van der Waals surface area contributed by atoms with E-state index in [2.05, 4.69) is 20.4 Å². The number of benzene rings is 2. The lowest BCUT2D eigenvalue weighted by atomic mass is 10.3. The van der Waals surface area contributed by atoms with Gasteiger partial charge in [-0.2, -0.15) is 5.10 Å². The molecule has 3 aromatic heterocycles. The van der Waals surface area contributed by atoms with Crippen LogP contribution in [0.1, 0.15) is 5.69 Å². The molecule has 0 unspecified atom stereocenters. The zero-order valence-corrected chi connectivity index (χ0v) is 15.8. The van der Waals surface area contributed by atoms with Gasteiger partial charge in [0, 0.05) is 5.02 Å². The minimum absolute atomic E-state index is 0.190. The van der Waals surface area contributed by atoms with Gasteiger partial charge in [-0.25, -0.2) is 14.3 Å². The normalized spacial score (nSPS) is 11.2. The van der Waals surface area contributed by atoms with E-state index >= 15 is 0 Å². The third kappa shape index (κ3) is 3.19. The largest absolute Gasteiger partial charge is 0.292 e. The van der Waals surface area contributed by atoms with Gasteiger partial charge in [0.05, 0.1) is 30.3 Å². The molecule has 0 N–H and O–H groups in total. The van der Waals surface area contributed by atoms with Crippen molar-refractivity contribution in [2.24, 2.45) is 0 Å². The molecule has 5 aromatic rings. The van der Waals surface area contributed by atoms with Gasteiger partial charge in [0.15, 0.2) is 5.65 Å². The quantitative estimate of drug-likeness (QED) is 0.460. The Morgan fingerprint density at radius 2 is 1.76 bits per heavy atom. The van der Waals surface area contributed by atoms with E-state index in [-0.39, 0.29) is 12.1 Å². The maximum atomic E-state index is 12.9. The molecule has 5 rings (SSSR count). The van der Waals surface area contributed by atoms with Crippen LogP contribution >= 0.6 is 11.6 Å². The summed E-state index contributed by atoms with van der Waals surface area (Å²) in [7, 11) is 0.